The molecule has 0 saturated heterocycles. The van der Waals surface area contributed by atoms with Gasteiger partial charge in [0.2, 0.25) is 5.95 Å². The summed E-state index contributed by atoms with van der Waals surface area (Å²) in [5.41, 5.74) is 1.82. The molecule has 0 aliphatic heterocycles. The summed E-state index contributed by atoms with van der Waals surface area (Å²) in [6.45, 7) is 0. The Morgan fingerprint density at radius 2 is 1.95 bits per heavy atom. The van der Waals surface area contributed by atoms with Gasteiger partial charge in [-0.15, -0.1) is 0 Å². The molecule has 0 atom stereocenters. The number of ether oxygens (including phenoxy) is 1. The molecule has 4 nitrogen and oxygen atoms in total. The number of fused-ring (bicyclic) bond motifs is 1. The van der Waals surface area contributed by atoms with Crippen molar-refractivity contribution in [1.82, 2.24) is 9.97 Å². The van der Waals surface area contributed by atoms with Crippen molar-refractivity contribution in [2.45, 2.75) is 0 Å². The van der Waals surface area contributed by atoms with Crippen LogP contribution in [0.3, 0.4) is 0 Å². The van der Waals surface area contributed by atoms with Crippen LogP contribution in [-0.4, -0.2) is 17.1 Å². The first-order valence-electron chi connectivity index (χ1n) is 5.98. The largest absolute Gasteiger partial charge is 0.497 e. The molecule has 94 valence electrons. The van der Waals surface area contributed by atoms with E-state index in [0.29, 0.717) is 5.95 Å². The summed E-state index contributed by atoms with van der Waals surface area (Å²) in [6.07, 6.45) is 1.81. The van der Waals surface area contributed by atoms with Gasteiger partial charge in [-0.3, -0.25) is 0 Å². The average Bonchev–Trinajstić information content (AvgIpc) is 2.47. The van der Waals surface area contributed by atoms with E-state index < -0.39 is 0 Å². The van der Waals surface area contributed by atoms with Crippen LogP contribution >= 0.6 is 0 Å². The van der Waals surface area contributed by atoms with Crippen molar-refractivity contribution in [3.63, 3.8) is 0 Å². The van der Waals surface area contributed by atoms with Gasteiger partial charge in [0.1, 0.15) is 5.75 Å². The number of nitrogens with zero attached hydrogens (tertiary/aromatic N) is 2. The molecule has 3 aromatic rings. The van der Waals surface area contributed by atoms with Gasteiger partial charge in [-0.1, -0.05) is 24.3 Å². The number of hydrogen-bond acceptors (Lipinski definition) is 4. The lowest BCUT2D eigenvalue weighted by molar-refractivity contribution is 0.415. The third-order valence-electron chi connectivity index (χ3n) is 2.81. The minimum atomic E-state index is 0.576. The van der Waals surface area contributed by atoms with Crippen molar-refractivity contribution < 1.29 is 4.74 Å². The van der Waals surface area contributed by atoms with Crippen LogP contribution < -0.4 is 10.1 Å². The highest BCUT2D eigenvalue weighted by Gasteiger charge is 2.01. The van der Waals surface area contributed by atoms with E-state index in [1.54, 1.807) is 7.11 Å². The molecule has 0 saturated carbocycles. The lowest BCUT2D eigenvalue weighted by atomic mass is 10.2. The van der Waals surface area contributed by atoms with E-state index in [1.165, 1.54) is 0 Å². The van der Waals surface area contributed by atoms with Crippen LogP contribution in [0.5, 0.6) is 5.75 Å². The van der Waals surface area contributed by atoms with Gasteiger partial charge in [0.25, 0.3) is 0 Å². The Hall–Kier alpha value is -2.62. The monoisotopic (exact) mass is 251 g/mol. The molecule has 0 radical (unpaired) electrons. The molecule has 2 aromatic carbocycles. The summed E-state index contributed by atoms with van der Waals surface area (Å²) in [5.74, 6) is 1.37. The third kappa shape index (κ3) is 2.47. The maximum absolute atomic E-state index is 5.18. The lowest BCUT2D eigenvalue weighted by Crippen LogP contribution is -1.97. The number of nitrogens with one attached hydrogen (secondary N) is 1. The Kier molecular flexibility index (Phi) is 2.98. The van der Waals surface area contributed by atoms with Gasteiger partial charge in [-0.25, -0.2) is 9.97 Å². The first kappa shape index (κ1) is 11.5. The first-order chi connectivity index (χ1) is 9.35. The Morgan fingerprint density at radius 3 is 2.84 bits per heavy atom. The number of hydrogen-bond donors (Lipinski definition) is 1. The average molecular weight is 251 g/mol. The van der Waals surface area contributed by atoms with Crippen LogP contribution in [0.2, 0.25) is 0 Å². The maximum atomic E-state index is 5.18. The van der Waals surface area contributed by atoms with Crippen LogP contribution in [0.25, 0.3) is 10.9 Å². The zero-order valence-electron chi connectivity index (χ0n) is 10.5. The molecular formula is C15H13N3O. The van der Waals surface area contributed by atoms with Crippen molar-refractivity contribution in [2.75, 3.05) is 12.4 Å². The molecule has 0 aliphatic rings. The fourth-order valence-electron chi connectivity index (χ4n) is 1.86. The van der Waals surface area contributed by atoms with Gasteiger partial charge in [-0.05, 0) is 18.2 Å². The molecule has 1 heterocycles. The van der Waals surface area contributed by atoms with Crippen molar-refractivity contribution in [3.05, 3.63) is 54.7 Å². The van der Waals surface area contributed by atoms with Gasteiger partial charge >= 0.3 is 0 Å². The van der Waals surface area contributed by atoms with Gasteiger partial charge in [0, 0.05) is 23.3 Å². The Balaban J connectivity index is 1.92. The standard InChI is InChI=1S/C15H13N3O/c1-19-13-7-4-6-12(9-13)17-15-16-10-11-5-2-3-8-14(11)18-15/h2-10H,1H3,(H,16,17,18). The number of aromatic nitrogens is 2. The Bertz CT molecular complexity index is 712. The molecule has 0 unspecified atom stereocenters. The van der Waals surface area contributed by atoms with Crippen molar-refractivity contribution in [2.24, 2.45) is 0 Å². The van der Waals surface area contributed by atoms with E-state index >= 15 is 0 Å². The normalized spacial score (nSPS) is 10.4. The third-order valence-corrected chi connectivity index (χ3v) is 2.81. The van der Waals surface area contributed by atoms with Crippen molar-refractivity contribution in [3.8, 4) is 5.75 Å². The predicted molar refractivity (Wildman–Crippen MR) is 75.8 cm³/mol. The number of benzene rings is 2. The van der Waals surface area contributed by atoms with Gasteiger partial charge < -0.3 is 10.1 Å². The fraction of sp³-hybridized carbons (Fsp3) is 0.0667. The molecule has 0 spiro atoms. The zero-order chi connectivity index (χ0) is 13.1. The van der Waals surface area contributed by atoms with Crippen LogP contribution in [0.1, 0.15) is 0 Å². The van der Waals surface area contributed by atoms with Crippen LogP contribution in [0.4, 0.5) is 11.6 Å². The highest BCUT2D eigenvalue weighted by Crippen LogP contribution is 2.20. The molecule has 4 heteroatoms. The molecule has 0 fully saturated rings. The van der Waals surface area contributed by atoms with Crippen LogP contribution in [0, 0.1) is 0 Å². The molecule has 0 bridgehead atoms. The van der Waals surface area contributed by atoms with Gasteiger partial charge in [-0.2, -0.15) is 0 Å². The molecule has 3 rings (SSSR count). The Morgan fingerprint density at radius 1 is 1.05 bits per heavy atom. The molecule has 0 amide bonds. The SMILES string of the molecule is COc1cccc(Nc2ncc3ccccc3n2)c1. The number of para-hydroxylation sites is 1. The summed E-state index contributed by atoms with van der Waals surface area (Å²) in [7, 11) is 1.64. The minimum absolute atomic E-state index is 0.576. The van der Waals surface area contributed by atoms with Crippen LogP contribution in [0.15, 0.2) is 54.7 Å². The summed E-state index contributed by atoms with van der Waals surface area (Å²) in [4.78, 5) is 8.76. The molecule has 0 aliphatic carbocycles. The van der Waals surface area contributed by atoms with E-state index in [-0.39, 0.29) is 0 Å². The quantitative estimate of drug-likeness (QED) is 0.775. The second-order valence-corrected chi connectivity index (χ2v) is 4.11. The van der Waals surface area contributed by atoms with Gasteiger partial charge in [0.15, 0.2) is 0 Å². The minimum Gasteiger partial charge on any atom is -0.497 e. The highest BCUT2D eigenvalue weighted by molar-refractivity contribution is 5.78. The van der Waals surface area contributed by atoms with E-state index in [2.05, 4.69) is 15.3 Å². The summed E-state index contributed by atoms with van der Waals surface area (Å²) >= 11 is 0. The number of methoxy groups -OCH3 is 1. The zero-order valence-corrected chi connectivity index (χ0v) is 10.5. The highest BCUT2D eigenvalue weighted by atomic mass is 16.5. The molecule has 1 aromatic heterocycles. The predicted octanol–water partition coefficient (Wildman–Crippen LogP) is 3.38. The molecule has 1 N–H and O–H groups in total. The number of rotatable bonds is 3. The molecular weight excluding hydrogens is 238 g/mol. The van der Waals surface area contributed by atoms with E-state index in [1.807, 2.05) is 54.7 Å². The smallest absolute Gasteiger partial charge is 0.227 e. The summed E-state index contributed by atoms with van der Waals surface area (Å²) in [5, 5.41) is 4.20. The van der Waals surface area contributed by atoms with Crippen LogP contribution in [-0.2, 0) is 0 Å². The second kappa shape index (κ2) is 4.94. The first-order valence-corrected chi connectivity index (χ1v) is 5.98. The maximum Gasteiger partial charge on any atom is 0.227 e. The van der Waals surface area contributed by atoms with Gasteiger partial charge in [0.05, 0.1) is 12.6 Å². The summed E-state index contributed by atoms with van der Waals surface area (Å²) < 4.78 is 5.18. The fourth-order valence-corrected chi connectivity index (χ4v) is 1.86. The number of anilines is 2. The summed E-state index contributed by atoms with van der Waals surface area (Å²) in [6, 6.07) is 15.6. The second-order valence-electron chi connectivity index (χ2n) is 4.11. The molecule has 19 heavy (non-hydrogen) atoms. The van der Waals surface area contributed by atoms with E-state index in [0.717, 1.165) is 22.3 Å². The van der Waals surface area contributed by atoms with E-state index in [9.17, 15) is 0 Å². The van der Waals surface area contributed by atoms with E-state index in [4.69, 9.17) is 4.74 Å². The van der Waals surface area contributed by atoms with Crippen molar-refractivity contribution in [1.29, 1.82) is 0 Å². The topological polar surface area (TPSA) is 47.0 Å². The van der Waals surface area contributed by atoms with Crippen molar-refractivity contribution >= 4 is 22.5 Å². The lowest BCUT2D eigenvalue weighted by Gasteiger charge is -2.07. The Labute approximate surface area is 111 Å².